The Balaban J connectivity index is 1.62. The van der Waals surface area contributed by atoms with Crippen LogP contribution in [0.5, 0.6) is 0 Å². The molecule has 0 spiro atoms. The highest BCUT2D eigenvalue weighted by molar-refractivity contribution is 7.09. The predicted octanol–water partition coefficient (Wildman–Crippen LogP) is 2.70. The third kappa shape index (κ3) is 3.39. The summed E-state index contributed by atoms with van der Waals surface area (Å²) in [6.45, 7) is 3.92. The first-order valence-corrected chi connectivity index (χ1v) is 10.5. The van der Waals surface area contributed by atoms with Crippen LogP contribution in [-0.4, -0.2) is 15.2 Å². The van der Waals surface area contributed by atoms with Crippen LogP contribution in [0.25, 0.3) is 17.8 Å². The number of nitriles is 1. The van der Waals surface area contributed by atoms with Crippen molar-refractivity contribution in [3.63, 3.8) is 0 Å². The van der Waals surface area contributed by atoms with Gasteiger partial charge in [0.2, 0.25) is 0 Å². The molecule has 2 aromatic heterocycles. The van der Waals surface area contributed by atoms with E-state index in [1.54, 1.807) is 11.3 Å². The normalized spacial score (nSPS) is 14.4. The Bertz CT molecular complexity index is 1520. The maximum Gasteiger partial charge on any atom is 0.273 e. The van der Waals surface area contributed by atoms with Crippen LogP contribution in [0.1, 0.15) is 27.4 Å². The van der Waals surface area contributed by atoms with E-state index in [1.807, 2.05) is 60.0 Å². The van der Waals surface area contributed by atoms with E-state index in [9.17, 15) is 10.1 Å². The second-order valence-corrected chi connectivity index (χ2v) is 8.09. The molecule has 31 heavy (non-hydrogen) atoms. The molecule has 7 heteroatoms. The van der Waals surface area contributed by atoms with Crippen molar-refractivity contribution in [2.45, 2.75) is 6.42 Å². The maximum atomic E-state index is 12.3. The molecule has 0 saturated heterocycles. The quantitative estimate of drug-likeness (QED) is 0.472. The maximum absolute atomic E-state index is 12.3. The Morgan fingerprint density at radius 1 is 1.10 bits per heavy atom. The molecule has 5 rings (SSSR count). The molecule has 0 radical (unpaired) electrons. The van der Waals surface area contributed by atoms with Gasteiger partial charge in [-0.25, -0.2) is 4.98 Å². The minimum absolute atomic E-state index is 0.227. The topological polar surface area (TPSA) is 97.4 Å². The van der Waals surface area contributed by atoms with Crippen LogP contribution in [0.2, 0.25) is 0 Å². The lowest BCUT2D eigenvalue weighted by molar-refractivity contribution is 1.04. The molecule has 2 aromatic carbocycles. The predicted molar refractivity (Wildman–Crippen MR) is 123 cm³/mol. The number of aromatic nitrogens is 3. The molecule has 3 N–H and O–H groups in total. The lowest BCUT2D eigenvalue weighted by atomic mass is 9.96. The summed E-state index contributed by atoms with van der Waals surface area (Å²) in [7, 11) is 0. The fourth-order valence-electron chi connectivity index (χ4n) is 3.72. The number of nitrogens with one attached hydrogen (secondary N) is 3. The van der Waals surface area contributed by atoms with E-state index in [-0.39, 0.29) is 5.56 Å². The van der Waals surface area contributed by atoms with E-state index in [0.717, 1.165) is 33.1 Å². The molecule has 4 aromatic rings. The summed E-state index contributed by atoms with van der Waals surface area (Å²) < 4.78 is 0. The van der Waals surface area contributed by atoms with Crippen molar-refractivity contribution in [1.82, 2.24) is 15.2 Å². The van der Waals surface area contributed by atoms with Crippen LogP contribution in [-0.2, 0) is 6.42 Å². The molecule has 0 aliphatic carbocycles. The molecule has 0 amide bonds. The molecule has 0 fully saturated rings. The Morgan fingerprint density at radius 2 is 1.90 bits per heavy atom. The monoisotopic (exact) mass is 423 g/mol. The smallest absolute Gasteiger partial charge is 0.273 e. The zero-order chi connectivity index (χ0) is 21.4. The third-order valence-electron chi connectivity index (χ3n) is 5.21. The summed E-state index contributed by atoms with van der Waals surface area (Å²) in [5.74, 6) is 0. The second-order valence-electron chi connectivity index (χ2n) is 7.15. The van der Waals surface area contributed by atoms with E-state index in [0.29, 0.717) is 28.2 Å². The number of benzene rings is 2. The van der Waals surface area contributed by atoms with Crippen LogP contribution < -0.4 is 21.4 Å². The zero-order valence-corrected chi connectivity index (χ0v) is 17.2. The van der Waals surface area contributed by atoms with Crippen LogP contribution in [0, 0.1) is 11.3 Å². The molecule has 1 aliphatic rings. The highest BCUT2D eigenvalue weighted by Crippen LogP contribution is 2.35. The summed E-state index contributed by atoms with van der Waals surface area (Å²) in [5.41, 5.74) is 5.74. The fraction of sp³-hybridized carbons (Fsp3) is 0.0417. The molecule has 0 atom stereocenters. The van der Waals surface area contributed by atoms with Crippen molar-refractivity contribution in [1.29, 1.82) is 5.26 Å². The van der Waals surface area contributed by atoms with E-state index in [4.69, 9.17) is 4.98 Å². The second kappa shape index (κ2) is 7.59. The fourth-order valence-corrected chi connectivity index (χ4v) is 4.54. The zero-order valence-electron chi connectivity index (χ0n) is 16.4. The SMILES string of the molecule is C=c1[nH][nH]c(=O)c1=C1C=C(c2csc(Cc3ccccc3C#N)n2)c2ccccc2N1. The highest BCUT2D eigenvalue weighted by Gasteiger charge is 2.20. The number of aromatic amines is 2. The molecule has 3 heterocycles. The van der Waals surface area contributed by atoms with Gasteiger partial charge >= 0.3 is 0 Å². The minimum atomic E-state index is -0.227. The Hall–Kier alpha value is -4.15. The van der Waals surface area contributed by atoms with Crippen molar-refractivity contribution >= 4 is 34.9 Å². The molecular formula is C24H17N5OS. The Labute approximate surface area is 181 Å². The lowest BCUT2D eigenvalue weighted by Gasteiger charge is -2.20. The van der Waals surface area contributed by atoms with Gasteiger partial charge in [0.1, 0.15) is 0 Å². The number of hydrogen-bond acceptors (Lipinski definition) is 5. The summed E-state index contributed by atoms with van der Waals surface area (Å²) >= 11 is 1.56. The average molecular weight is 424 g/mol. The highest BCUT2D eigenvalue weighted by atomic mass is 32.1. The number of thiazole rings is 1. The minimum Gasteiger partial charge on any atom is -0.354 e. The van der Waals surface area contributed by atoms with Gasteiger partial charge in [-0.15, -0.1) is 11.3 Å². The van der Waals surface area contributed by atoms with Gasteiger partial charge < -0.3 is 5.32 Å². The van der Waals surface area contributed by atoms with Crippen molar-refractivity contribution in [3.05, 3.63) is 108 Å². The number of rotatable bonds is 3. The van der Waals surface area contributed by atoms with Crippen molar-refractivity contribution in [2.75, 3.05) is 5.32 Å². The van der Waals surface area contributed by atoms with Crippen molar-refractivity contribution < 1.29 is 0 Å². The largest absolute Gasteiger partial charge is 0.354 e. The summed E-state index contributed by atoms with van der Waals surface area (Å²) in [5, 5.41) is 22.0. The van der Waals surface area contributed by atoms with Crippen LogP contribution in [0.4, 0.5) is 5.69 Å². The Kier molecular flexibility index (Phi) is 4.62. The van der Waals surface area contributed by atoms with E-state index in [2.05, 4.69) is 28.2 Å². The van der Waals surface area contributed by atoms with Crippen LogP contribution in [0.15, 0.2) is 64.8 Å². The van der Waals surface area contributed by atoms with Crippen molar-refractivity contribution in [2.24, 2.45) is 0 Å². The molecular weight excluding hydrogens is 406 g/mol. The van der Waals surface area contributed by atoms with Crippen LogP contribution >= 0.6 is 11.3 Å². The first-order valence-electron chi connectivity index (χ1n) is 9.65. The number of para-hydroxylation sites is 1. The average Bonchev–Trinajstić information content (AvgIpc) is 3.39. The van der Waals surface area contributed by atoms with Gasteiger partial charge in [-0.05, 0) is 23.8 Å². The molecule has 0 saturated carbocycles. The van der Waals surface area contributed by atoms with Crippen LogP contribution in [0.3, 0.4) is 0 Å². The summed E-state index contributed by atoms with van der Waals surface area (Å²) in [4.78, 5) is 17.2. The van der Waals surface area contributed by atoms with Gasteiger partial charge in [-0.2, -0.15) is 5.26 Å². The summed E-state index contributed by atoms with van der Waals surface area (Å²) in [6.07, 6.45) is 2.54. The van der Waals surface area contributed by atoms with Gasteiger partial charge in [0.05, 0.1) is 38.6 Å². The molecule has 0 bridgehead atoms. The number of fused-ring (bicyclic) bond motifs is 1. The van der Waals surface area contributed by atoms with Crippen molar-refractivity contribution in [3.8, 4) is 6.07 Å². The number of anilines is 1. The van der Waals surface area contributed by atoms with E-state index >= 15 is 0 Å². The standard InChI is InChI=1S/C24H17N5OS/c1-14-23(24(30)29-28-14)20-11-18(17-8-4-5-9-19(17)26-20)21-13-31-22(27-21)10-15-6-2-3-7-16(15)12-25/h2-9,11,13,26,28H,1,10H2,(H,29,30). The molecule has 0 unspecified atom stereocenters. The summed E-state index contributed by atoms with van der Waals surface area (Å²) in [6, 6.07) is 17.7. The van der Waals surface area contributed by atoms with Gasteiger partial charge in [-0.1, -0.05) is 43.0 Å². The lowest BCUT2D eigenvalue weighted by Crippen LogP contribution is -2.36. The third-order valence-corrected chi connectivity index (χ3v) is 6.06. The van der Waals surface area contributed by atoms with E-state index < -0.39 is 0 Å². The van der Waals surface area contributed by atoms with Gasteiger partial charge in [0.25, 0.3) is 5.56 Å². The molecule has 150 valence electrons. The first kappa shape index (κ1) is 18.9. The number of nitrogens with zero attached hydrogens (tertiary/aromatic N) is 2. The first-order chi connectivity index (χ1) is 15.1. The van der Waals surface area contributed by atoms with E-state index in [1.165, 1.54) is 0 Å². The van der Waals surface area contributed by atoms with Gasteiger partial charge in [0.15, 0.2) is 0 Å². The number of H-pyrrole nitrogens is 2. The Morgan fingerprint density at radius 3 is 2.71 bits per heavy atom. The molecule has 1 aliphatic heterocycles. The van der Waals surface area contributed by atoms with Gasteiger partial charge in [0, 0.05) is 28.6 Å². The number of hydrogen-bond donors (Lipinski definition) is 3. The van der Waals surface area contributed by atoms with Gasteiger partial charge in [-0.3, -0.25) is 15.0 Å². The molecule has 6 nitrogen and oxygen atoms in total.